The van der Waals surface area contributed by atoms with Crippen LogP contribution >= 0.6 is 0 Å². The van der Waals surface area contributed by atoms with Gasteiger partial charge in [0.1, 0.15) is 5.82 Å². The zero-order valence-electron chi connectivity index (χ0n) is 15.7. The fourth-order valence-corrected chi connectivity index (χ4v) is 4.28. The molecule has 0 atom stereocenters. The van der Waals surface area contributed by atoms with Crippen LogP contribution in [0.1, 0.15) is 42.5 Å². The molecule has 1 aliphatic heterocycles. The van der Waals surface area contributed by atoms with Gasteiger partial charge in [0.05, 0.1) is 11.0 Å². The molecule has 0 radical (unpaired) electrons. The van der Waals surface area contributed by atoms with Crippen LogP contribution in [0, 0.1) is 17.2 Å². The van der Waals surface area contributed by atoms with Crippen LogP contribution in [0.2, 0.25) is 0 Å². The van der Waals surface area contributed by atoms with Gasteiger partial charge in [-0.25, -0.2) is 4.39 Å². The Balaban J connectivity index is 1.57. The molecule has 146 valence electrons. The van der Waals surface area contributed by atoms with Gasteiger partial charge >= 0.3 is 5.97 Å². The van der Waals surface area contributed by atoms with Crippen molar-refractivity contribution in [3.8, 4) is 11.1 Å². The number of halogens is 1. The molecule has 4 rings (SSSR count). The summed E-state index contributed by atoms with van der Waals surface area (Å²) < 4.78 is 14.7. The first kappa shape index (κ1) is 18.7. The Kier molecular flexibility index (Phi) is 4.92. The number of aliphatic carboxylic acids is 1. The van der Waals surface area contributed by atoms with Crippen molar-refractivity contribution < 1.29 is 19.1 Å². The topological polar surface area (TPSA) is 57.6 Å². The normalized spacial score (nSPS) is 18.7. The molecule has 5 heteroatoms. The second-order valence-electron chi connectivity index (χ2n) is 8.05. The molecule has 2 aromatic carbocycles. The van der Waals surface area contributed by atoms with Crippen molar-refractivity contribution in [2.75, 3.05) is 13.1 Å². The summed E-state index contributed by atoms with van der Waals surface area (Å²) in [6.07, 6.45) is 3.76. The highest BCUT2D eigenvalue weighted by atomic mass is 19.1. The average Bonchev–Trinajstić information content (AvgIpc) is 3.52. The second kappa shape index (κ2) is 7.38. The number of hydrogen-bond donors (Lipinski definition) is 1. The van der Waals surface area contributed by atoms with Gasteiger partial charge in [0.25, 0.3) is 5.91 Å². The highest BCUT2D eigenvalue weighted by Crippen LogP contribution is 2.46. The van der Waals surface area contributed by atoms with E-state index in [9.17, 15) is 19.1 Å². The molecule has 4 nitrogen and oxygen atoms in total. The zero-order valence-corrected chi connectivity index (χ0v) is 15.7. The average molecular weight is 381 g/mol. The number of amides is 1. The summed E-state index contributed by atoms with van der Waals surface area (Å²) in [7, 11) is 0. The molecule has 2 aromatic rings. The van der Waals surface area contributed by atoms with E-state index in [2.05, 4.69) is 0 Å². The number of carbonyl (C=O) groups is 2. The Morgan fingerprint density at radius 1 is 1.04 bits per heavy atom. The molecule has 0 spiro atoms. The minimum atomic E-state index is -0.762. The third kappa shape index (κ3) is 3.53. The summed E-state index contributed by atoms with van der Waals surface area (Å²) >= 11 is 0. The molecule has 28 heavy (non-hydrogen) atoms. The van der Waals surface area contributed by atoms with E-state index in [0.29, 0.717) is 43.8 Å². The number of carboxylic acid groups (broad SMARTS) is 1. The molecule has 1 N–H and O–H groups in total. The van der Waals surface area contributed by atoms with Crippen molar-refractivity contribution in [2.24, 2.45) is 11.3 Å². The number of rotatable bonds is 5. The van der Waals surface area contributed by atoms with Gasteiger partial charge in [-0.15, -0.1) is 0 Å². The van der Waals surface area contributed by atoms with Crippen LogP contribution in [0.25, 0.3) is 11.1 Å². The lowest BCUT2D eigenvalue weighted by molar-refractivity contribution is -0.152. The van der Waals surface area contributed by atoms with Crippen LogP contribution in [0.3, 0.4) is 0 Å². The summed E-state index contributed by atoms with van der Waals surface area (Å²) in [5, 5.41) is 9.78. The Bertz CT molecular complexity index is 884. The maximum atomic E-state index is 14.7. The number of carbonyl (C=O) groups excluding carboxylic acids is 1. The molecular formula is C23H24FNO3. The van der Waals surface area contributed by atoms with Crippen LogP contribution in [-0.2, 0) is 4.79 Å². The molecule has 2 fully saturated rings. The van der Waals surface area contributed by atoms with Crippen LogP contribution in [-0.4, -0.2) is 35.0 Å². The minimum absolute atomic E-state index is 0.0683. The van der Waals surface area contributed by atoms with E-state index in [0.717, 1.165) is 18.4 Å². The van der Waals surface area contributed by atoms with E-state index >= 15 is 0 Å². The van der Waals surface area contributed by atoms with Gasteiger partial charge in [0.2, 0.25) is 0 Å². The van der Waals surface area contributed by atoms with Gasteiger partial charge in [-0.3, -0.25) is 9.59 Å². The molecule has 1 aliphatic carbocycles. The van der Waals surface area contributed by atoms with Gasteiger partial charge in [0.15, 0.2) is 0 Å². The minimum Gasteiger partial charge on any atom is -0.481 e. The predicted molar refractivity (Wildman–Crippen MR) is 104 cm³/mol. The fourth-order valence-electron chi connectivity index (χ4n) is 4.28. The highest BCUT2D eigenvalue weighted by Gasteiger charge is 2.46. The lowest BCUT2D eigenvalue weighted by Crippen LogP contribution is -2.47. The standard InChI is InChI=1S/C23H24FNO3/c24-19-8-4-7-18(17-5-2-1-3-6-17)20(19)21(26)25-13-11-23(12-14-25,22(27)28)15-16-9-10-16/h1-8,16H,9-15H2,(H,27,28). The van der Waals surface area contributed by atoms with E-state index in [1.165, 1.54) is 6.07 Å². The molecule has 1 saturated carbocycles. The first-order valence-corrected chi connectivity index (χ1v) is 9.87. The van der Waals surface area contributed by atoms with Gasteiger partial charge < -0.3 is 10.0 Å². The summed E-state index contributed by atoms with van der Waals surface area (Å²) in [6.45, 7) is 0.695. The Labute approximate surface area is 164 Å². The molecule has 0 aromatic heterocycles. The maximum Gasteiger partial charge on any atom is 0.309 e. The zero-order chi connectivity index (χ0) is 19.7. The number of hydrogen-bond acceptors (Lipinski definition) is 2. The third-order valence-electron chi connectivity index (χ3n) is 6.15. The summed E-state index contributed by atoms with van der Waals surface area (Å²) in [6, 6.07) is 14.0. The molecule has 1 heterocycles. The van der Waals surface area contributed by atoms with Crippen LogP contribution in [0.4, 0.5) is 4.39 Å². The van der Waals surface area contributed by atoms with Gasteiger partial charge in [-0.1, -0.05) is 55.3 Å². The monoisotopic (exact) mass is 381 g/mol. The third-order valence-corrected chi connectivity index (χ3v) is 6.15. The maximum absolute atomic E-state index is 14.7. The van der Waals surface area contributed by atoms with Crippen molar-refractivity contribution in [3.63, 3.8) is 0 Å². The van der Waals surface area contributed by atoms with Crippen LogP contribution < -0.4 is 0 Å². The van der Waals surface area contributed by atoms with E-state index < -0.39 is 17.2 Å². The predicted octanol–water partition coefficient (Wildman–Crippen LogP) is 4.60. The largest absolute Gasteiger partial charge is 0.481 e. The van der Waals surface area contributed by atoms with Crippen molar-refractivity contribution >= 4 is 11.9 Å². The van der Waals surface area contributed by atoms with E-state index in [1.807, 2.05) is 30.3 Å². The smallest absolute Gasteiger partial charge is 0.309 e. The van der Waals surface area contributed by atoms with Gasteiger partial charge in [-0.2, -0.15) is 0 Å². The summed E-state index contributed by atoms with van der Waals surface area (Å²) in [5.74, 6) is -1.15. The van der Waals surface area contributed by atoms with Gasteiger partial charge in [0, 0.05) is 13.1 Å². The highest BCUT2D eigenvalue weighted by molar-refractivity contribution is 6.01. The second-order valence-corrected chi connectivity index (χ2v) is 8.05. The molecule has 1 saturated heterocycles. The Morgan fingerprint density at radius 2 is 1.71 bits per heavy atom. The number of carboxylic acids is 1. The van der Waals surface area contributed by atoms with E-state index in [-0.39, 0.29) is 11.5 Å². The van der Waals surface area contributed by atoms with Crippen molar-refractivity contribution in [1.29, 1.82) is 0 Å². The first-order chi connectivity index (χ1) is 13.5. The summed E-state index contributed by atoms with van der Waals surface area (Å²) in [4.78, 5) is 26.7. The summed E-state index contributed by atoms with van der Waals surface area (Å²) in [5.41, 5.74) is 0.684. The number of piperidine rings is 1. The van der Waals surface area contributed by atoms with Crippen LogP contribution in [0.15, 0.2) is 48.5 Å². The molecular weight excluding hydrogens is 357 g/mol. The van der Waals surface area contributed by atoms with Crippen LogP contribution in [0.5, 0.6) is 0 Å². The van der Waals surface area contributed by atoms with E-state index in [1.54, 1.807) is 17.0 Å². The quantitative estimate of drug-likeness (QED) is 0.823. The van der Waals surface area contributed by atoms with Crippen molar-refractivity contribution in [1.82, 2.24) is 4.90 Å². The molecule has 2 aliphatic rings. The lowest BCUT2D eigenvalue weighted by Gasteiger charge is -2.39. The SMILES string of the molecule is O=C(c1c(F)cccc1-c1ccccc1)N1CCC(CC2CC2)(C(=O)O)CC1. The fraction of sp³-hybridized carbons (Fsp3) is 0.391. The molecule has 0 bridgehead atoms. The van der Waals surface area contributed by atoms with E-state index in [4.69, 9.17) is 0 Å². The number of likely N-dealkylation sites (tertiary alicyclic amines) is 1. The first-order valence-electron chi connectivity index (χ1n) is 9.87. The molecule has 1 amide bonds. The number of benzene rings is 2. The Morgan fingerprint density at radius 3 is 2.32 bits per heavy atom. The number of nitrogens with zero attached hydrogens (tertiary/aromatic N) is 1. The van der Waals surface area contributed by atoms with Gasteiger partial charge in [-0.05, 0) is 42.4 Å². The molecule has 0 unspecified atom stereocenters. The van der Waals surface area contributed by atoms with Crippen molar-refractivity contribution in [3.05, 3.63) is 59.9 Å². The lowest BCUT2D eigenvalue weighted by atomic mass is 9.74. The Hall–Kier alpha value is -2.69. The van der Waals surface area contributed by atoms with Crippen molar-refractivity contribution in [2.45, 2.75) is 32.1 Å².